The summed E-state index contributed by atoms with van der Waals surface area (Å²) in [6.45, 7) is 2.74. The first-order chi connectivity index (χ1) is 5.93. The molecule has 0 atom stereocenters. The maximum absolute atomic E-state index is 4.96. The van der Waals surface area contributed by atoms with Gasteiger partial charge in [0.05, 0.1) is 6.21 Å². The molecule has 1 rings (SSSR count). The van der Waals surface area contributed by atoms with E-state index in [9.17, 15) is 0 Å². The lowest BCUT2D eigenvalue weighted by Gasteiger charge is -1.93. The van der Waals surface area contributed by atoms with Gasteiger partial charge in [0.1, 0.15) is 6.61 Å². The van der Waals surface area contributed by atoms with Gasteiger partial charge in [0.15, 0.2) is 0 Å². The van der Waals surface area contributed by atoms with Crippen molar-refractivity contribution in [3.63, 3.8) is 0 Å². The zero-order valence-corrected chi connectivity index (χ0v) is 7.23. The average molecular weight is 163 g/mol. The Kier molecular flexibility index (Phi) is 3.92. The van der Waals surface area contributed by atoms with E-state index < -0.39 is 0 Å². The van der Waals surface area contributed by atoms with E-state index in [-0.39, 0.29) is 0 Å². The molecule has 0 amide bonds. The van der Waals surface area contributed by atoms with Crippen molar-refractivity contribution in [1.82, 2.24) is 0 Å². The van der Waals surface area contributed by atoms with E-state index in [0.29, 0.717) is 6.61 Å². The van der Waals surface area contributed by atoms with Crippen LogP contribution in [0.5, 0.6) is 0 Å². The number of hydrogen-bond donors (Lipinski definition) is 0. The van der Waals surface area contributed by atoms with E-state index in [4.69, 9.17) is 4.84 Å². The van der Waals surface area contributed by atoms with Crippen molar-refractivity contribution in [3.05, 3.63) is 35.9 Å². The molecule has 0 bridgehead atoms. The van der Waals surface area contributed by atoms with Gasteiger partial charge in [-0.1, -0.05) is 42.4 Å². The summed E-state index contributed by atoms with van der Waals surface area (Å²) in [7, 11) is 0. The fourth-order valence-corrected chi connectivity index (χ4v) is 0.781. The Hall–Kier alpha value is -1.31. The van der Waals surface area contributed by atoms with E-state index in [1.54, 1.807) is 6.21 Å². The molecule has 1 aromatic rings. The van der Waals surface area contributed by atoms with Crippen LogP contribution in [-0.4, -0.2) is 12.8 Å². The van der Waals surface area contributed by atoms with Gasteiger partial charge >= 0.3 is 0 Å². The molecule has 0 spiro atoms. The molecule has 2 nitrogen and oxygen atoms in total. The molecule has 0 radical (unpaired) electrons. The third kappa shape index (κ3) is 3.19. The predicted octanol–water partition coefficient (Wildman–Crippen LogP) is 2.45. The monoisotopic (exact) mass is 163 g/mol. The Balaban J connectivity index is 2.36. The van der Waals surface area contributed by atoms with Crippen LogP contribution in [0.15, 0.2) is 35.5 Å². The quantitative estimate of drug-likeness (QED) is 0.379. The van der Waals surface area contributed by atoms with Crippen molar-refractivity contribution in [3.8, 4) is 0 Å². The van der Waals surface area contributed by atoms with Crippen LogP contribution < -0.4 is 0 Å². The molecule has 0 aliphatic carbocycles. The highest BCUT2D eigenvalue weighted by Gasteiger charge is 1.82. The Bertz CT molecular complexity index is 231. The van der Waals surface area contributed by atoms with Crippen LogP contribution in [0.2, 0.25) is 0 Å². The molecule has 0 aliphatic heterocycles. The van der Waals surface area contributed by atoms with Gasteiger partial charge in [-0.3, -0.25) is 0 Å². The number of rotatable bonds is 4. The first-order valence-electron chi connectivity index (χ1n) is 4.14. The summed E-state index contributed by atoms with van der Waals surface area (Å²) in [5.74, 6) is 0. The zero-order valence-electron chi connectivity index (χ0n) is 7.23. The molecule has 12 heavy (non-hydrogen) atoms. The lowest BCUT2D eigenvalue weighted by Crippen LogP contribution is -1.85. The molecule has 0 aromatic heterocycles. The average Bonchev–Trinajstić information content (AvgIpc) is 2.14. The first-order valence-corrected chi connectivity index (χ1v) is 4.14. The van der Waals surface area contributed by atoms with Crippen LogP contribution in [-0.2, 0) is 4.84 Å². The van der Waals surface area contributed by atoms with Gasteiger partial charge < -0.3 is 4.84 Å². The number of hydrogen-bond acceptors (Lipinski definition) is 2. The second-order valence-electron chi connectivity index (χ2n) is 2.48. The molecule has 64 valence electrons. The summed E-state index contributed by atoms with van der Waals surface area (Å²) in [5.41, 5.74) is 1.06. The second-order valence-corrected chi connectivity index (χ2v) is 2.48. The molecule has 1 aromatic carbocycles. The minimum atomic E-state index is 0.684. The third-order valence-corrected chi connectivity index (χ3v) is 1.37. The fourth-order valence-electron chi connectivity index (χ4n) is 0.781. The summed E-state index contributed by atoms with van der Waals surface area (Å²) in [4.78, 5) is 4.96. The standard InChI is InChI=1S/C10H13NO/c1-2-8-12-11-9-10-6-4-3-5-7-10/h3-7,9H,2,8H2,1H3/b11-9+. The lowest BCUT2D eigenvalue weighted by molar-refractivity contribution is 0.146. The Morgan fingerprint density at radius 1 is 1.33 bits per heavy atom. The van der Waals surface area contributed by atoms with Crippen molar-refractivity contribution >= 4 is 6.21 Å². The number of nitrogens with zero attached hydrogens (tertiary/aromatic N) is 1. The van der Waals surface area contributed by atoms with Gasteiger partial charge in [0, 0.05) is 0 Å². The minimum Gasteiger partial charge on any atom is -0.396 e. The maximum atomic E-state index is 4.96. The van der Waals surface area contributed by atoms with E-state index >= 15 is 0 Å². The fraction of sp³-hybridized carbons (Fsp3) is 0.300. The zero-order chi connectivity index (χ0) is 8.65. The summed E-state index contributed by atoms with van der Waals surface area (Å²) in [5, 5.41) is 3.81. The van der Waals surface area contributed by atoms with E-state index in [1.165, 1.54) is 0 Å². The molecule has 0 aliphatic rings. The van der Waals surface area contributed by atoms with Crippen molar-refractivity contribution in [1.29, 1.82) is 0 Å². The Labute approximate surface area is 72.9 Å². The molecule has 0 N–H and O–H groups in total. The maximum Gasteiger partial charge on any atom is 0.116 e. The molecule has 0 unspecified atom stereocenters. The predicted molar refractivity (Wildman–Crippen MR) is 50.3 cm³/mol. The first kappa shape index (κ1) is 8.78. The molecule has 0 fully saturated rings. The Morgan fingerprint density at radius 2 is 2.08 bits per heavy atom. The Morgan fingerprint density at radius 3 is 2.75 bits per heavy atom. The molecule has 0 heterocycles. The van der Waals surface area contributed by atoms with Gasteiger partial charge in [-0.05, 0) is 12.0 Å². The largest absolute Gasteiger partial charge is 0.396 e. The van der Waals surface area contributed by atoms with E-state index in [2.05, 4.69) is 12.1 Å². The van der Waals surface area contributed by atoms with Crippen molar-refractivity contribution in [2.24, 2.45) is 5.16 Å². The molecule has 0 saturated carbocycles. The SMILES string of the molecule is CCCO/N=C/c1ccccc1. The number of oxime groups is 1. The molecular weight excluding hydrogens is 150 g/mol. The summed E-state index contributed by atoms with van der Waals surface area (Å²) >= 11 is 0. The lowest BCUT2D eigenvalue weighted by atomic mass is 10.2. The van der Waals surface area contributed by atoms with Crippen molar-refractivity contribution < 1.29 is 4.84 Å². The normalized spacial score (nSPS) is 10.4. The smallest absolute Gasteiger partial charge is 0.116 e. The van der Waals surface area contributed by atoms with Gasteiger partial charge in [-0.15, -0.1) is 0 Å². The third-order valence-electron chi connectivity index (χ3n) is 1.37. The van der Waals surface area contributed by atoms with Crippen molar-refractivity contribution in [2.45, 2.75) is 13.3 Å². The van der Waals surface area contributed by atoms with Gasteiger partial charge in [-0.25, -0.2) is 0 Å². The highest BCUT2D eigenvalue weighted by atomic mass is 16.6. The van der Waals surface area contributed by atoms with Crippen LogP contribution in [0, 0.1) is 0 Å². The molecular formula is C10H13NO. The highest BCUT2D eigenvalue weighted by Crippen LogP contribution is 1.94. The number of benzene rings is 1. The van der Waals surface area contributed by atoms with Gasteiger partial charge in [0.2, 0.25) is 0 Å². The topological polar surface area (TPSA) is 21.6 Å². The van der Waals surface area contributed by atoms with Crippen LogP contribution in [0.1, 0.15) is 18.9 Å². The van der Waals surface area contributed by atoms with Crippen LogP contribution in [0.4, 0.5) is 0 Å². The molecule has 2 heteroatoms. The van der Waals surface area contributed by atoms with Gasteiger partial charge in [-0.2, -0.15) is 0 Å². The van der Waals surface area contributed by atoms with Crippen LogP contribution >= 0.6 is 0 Å². The van der Waals surface area contributed by atoms with E-state index in [1.807, 2.05) is 30.3 Å². The summed E-state index contributed by atoms with van der Waals surface area (Å²) in [6.07, 6.45) is 2.71. The van der Waals surface area contributed by atoms with E-state index in [0.717, 1.165) is 12.0 Å². The summed E-state index contributed by atoms with van der Waals surface area (Å²) < 4.78 is 0. The minimum absolute atomic E-state index is 0.684. The van der Waals surface area contributed by atoms with Crippen molar-refractivity contribution in [2.75, 3.05) is 6.61 Å². The second kappa shape index (κ2) is 5.35. The van der Waals surface area contributed by atoms with Crippen LogP contribution in [0.25, 0.3) is 0 Å². The molecule has 0 saturated heterocycles. The highest BCUT2D eigenvalue weighted by molar-refractivity contribution is 5.78. The summed E-state index contributed by atoms with van der Waals surface area (Å²) in [6, 6.07) is 9.89. The van der Waals surface area contributed by atoms with Gasteiger partial charge in [0.25, 0.3) is 0 Å². The van der Waals surface area contributed by atoms with Crippen LogP contribution in [0.3, 0.4) is 0 Å².